The average Bonchev–Trinajstić information content (AvgIpc) is 3.37. The van der Waals surface area contributed by atoms with E-state index < -0.39 is 7.19 Å². The minimum Gasteiger partial charge on any atom is -0.330 e. The van der Waals surface area contributed by atoms with Gasteiger partial charge in [-0.05, 0) is 42.8 Å². The van der Waals surface area contributed by atoms with Crippen LogP contribution in [-0.2, 0) is 4.79 Å². The molecule has 0 aliphatic carbocycles. The van der Waals surface area contributed by atoms with Crippen molar-refractivity contribution >= 4 is 52.5 Å². The number of hydrogen-bond donors (Lipinski definition) is 0. The predicted octanol–water partition coefficient (Wildman–Crippen LogP) is 7.07. The number of alkyl halides is 1. The Bertz CT molecular complexity index is 1460. The van der Waals surface area contributed by atoms with Gasteiger partial charge < -0.3 is 9.34 Å². The van der Waals surface area contributed by atoms with Crippen LogP contribution < -0.4 is 14.3 Å². The molecule has 4 aromatic rings. The number of carbonyl (C=O) groups is 1. The molecule has 4 aromatic carbocycles. The summed E-state index contributed by atoms with van der Waals surface area (Å²) in [6.45, 7) is 1.53. The summed E-state index contributed by atoms with van der Waals surface area (Å²) in [7, 11) is -2.72. The zero-order valence-corrected chi connectivity index (χ0v) is 22.5. The second-order valence-corrected chi connectivity index (χ2v) is 12.7. The highest BCUT2D eigenvalue weighted by Crippen LogP contribution is 2.66. The molecule has 6 rings (SSSR count). The normalized spacial score (nSPS) is 16.8. The summed E-state index contributed by atoms with van der Waals surface area (Å²) in [5.74, 6) is 0.257. The lowest BCUT2D eigenvalue weighted by Crippen LogP contribution is -2.44. The summed E-state index contributed by atoms with van der Waals surface area (Å²) in [4.78, 5) is 14.5. The quantitative estimate of drug-likeness (QED) is 0.195. The summed E-state index contributed by atoms with van der Waals surface area (Å²) in [5.41, 5.74) is 4.82. The van der Waals surface area contributed by atoms with E-state index in [1.807, 2.05) is 60.7 Å². The molecule has 38 heavy (non-hydrogen) atoms. The van der Waals surface area contributed by atoms with Crippen molar-refractivity contribution in [2.45, 2.75) is 6.42 Å². The van der Waals surface area contributed by atoms with Crippen molar-refractivity contribution in [3.05, 3.63) is 127 Å². The molecule has 7 heteroatoms. The number of amides is 1. The SMILES string of the molecule is O=C1C(CCCl)=P2(C(c3ccccc3)=NN1c1ccccc1)N(c1ccccc1)CCN2c1ccccc1. The highest BCUT2D eigenvalue weighted by Gasteiger charge is 2.51. The van der Waals surface area contributed by atoms with Crippen molar-refractivity contribution in [1.29, 1.82) is 0 Å². The molecule has 2 heterocycles. The van der Waals surface area contributed by atoms with Crippen LogP contribution in [0.3, 0.4) is 0 Å². The van der Waals surface area contributed by atoms with Crippen LogP contribution in [0.4, 0.5) is 17.1 Å². The van der Waals surface area contributed by atoms with E-state index in [1.54, 1.807) is 5.01 Å². The Morgan fingerprint density at radius 1 is 0.658 bits per heavy atom. The van der Waals surface area contributed by atoms with Crippen LogP contribution in [0, 0.1) is 0 Å². The third kappa shape index (κ3) is 4.03. The number of hydrogen-bond acceptors (Lipinski definition) is 4. The van der Waals surface area contributed by atoms with E-state index in [9.17, 15) is 4.79 Å². The fourth-order valence-corrected chi connectivity index (χ4v) is 10.5. The maximum atomic E-state index is 14.5. The third-order valence-electron chi connectivity index (χ3n) is 7.00. The Balaban J connectivity index is 1.72. The fraction of sp³-hybridized carbons (Fsp3) is 0.129. The number of anilines is 3. The minimum absolute atomic E-state index is 0.0892. The van der Waals surface area contributed by atoms with Gasteiger partial charge in [0, 0.05) is 35.9 Å². The van der Waals surface area contributed by atoms with Gasteiger partial charge in [0.25, 0.3) is 5.91 Å². The van der Waals surface area contributed by atoms with Crippen molar-refractivity contribution in [3.63, 3.8) is 0 Å². The van der Waals surface area contributed by atoms with Gasteiger partial charge in [0.1, 0.15) is 12.6 Å². The van der Waals surface area contributed by atoms with E-state index in [2.05, 4.69) is 70.0 Å². The standard InChI is InChI=1S/C31H28ClN4OP/c32-22-21-29-31(37)36(28-19-11-4-12-20-28)33-30(25-13-5-1-6-14-25)38(29)34(26-15-7-2-8-16-26)23-24-35(38)27-17-9-3-10-18-27/h1-20H,21-24H2. The number of carbonyl (C=O) groups excluding carboxylic acids is 1. The van der Waals surface area contributed by atoms with E-state index in [4.69, 9.17) is 16.7 Å². The van der Waals surface area contributed by atoms with Crippen LogP contribution in [0.15, 0.2) is 126 Å². The zero-order chi connectivity index (χ0) is 26.0. The number of nitrogens with zero attached hydrogens (tertiary/aromatic N) is 4. The molecule has 0 bridgehead atoms. The van der Waals surface area contributed by atoms with Crippen molar-refractivity contribution in [2.24, 2.45) is 5.10 Å². The number of para-hydroxylation sites is 3. The van der Waals surface area contributed by atoms with Crippen LogP contribution >= 0.6 is 18.8 Å². The third-order valence-corrected chi connectivity index (χ3v) is 11.6. The second-order valence-electron chi connectivity index (χ2n) is 9.15. The summed E-state index contributed by atoms with van der Waals surface area (Å²) >= 11 is 6.49. The van der Waals surface area contributed by atoms with Gasteiger partial charge >= 0.3 is 0 Å². The lowest BCUT2D eigenvalue weighted by atomic mass is 10.2. The van der Waals surface area contributed by atoms with Crippen molar-refractivity contribution in [2.75, 3.05) is 33.3 Å². The van der Waals surface area contributed by atoms with E-state index in [0.29, 0.717) is 12.3 Å². The number of benzene rings is 4. The predicted molar refractivity (Wildman–Crippen MR) is 162 cm³/mol. The topological polar surface area (TPSA) is 39.2 Å². The molecule has 5 nitrogen and oxygen atoms in total. The molecule has 0 unspecified atom stereocenters. The smallest absolute Gasteiger partial charge is 0.278 e. The molecule has 1 amide bonds. The molecule has 2 aliphatic rings. The van der Waals surface area contributed by atoms with Gasteiger partial charge in [-0.25, -0.2) is 0 Å². The maximum absolute atomic E-state index is 14.5. The summed E-state index contributed by atoms with van der Waals surface area (Å²) < 4.78 is 4.88. The summed E-state index contributed by atoms with van der Waals surface area (Å²) in [6.07, 6.45) is 0.468. The molecule has 1 saturated heterocycles. The Hall–Kier alpha value is -3.79. The van der Waals surface area contributed by atoms with Gasteiger partial charge in [-0.3, -0.25) is 4.79 Å². The van der Waals surface area contributed by atoms with Gasteiger partial charge in [0.15, 0.2) is 0 Å². The highest BCUT2D eigenvalue weighted by atomic mass is 35.5. The zero-order valence-electron chi connectivity index (χ0n) is 20.9. The Morgan fingerprint density at radius 2 is 1.11 bits per heavy atom. The first kappa shape index (κ1) is 24.5. The lowest BCUT2D eigenvalue weighted by molar-refractivity contribution is -0.112. The van der Waals surface area contributed by atoms with E-state index >= 15 is 0 Å². The molecule has 1 spiro atoms. The molecular weight excluding hydrogens is 511 g/mol. The molecule has 0 radical (unpaired) electrons. The molecule has 0 aromatic heterocycles. The van der Waals surface area contributed by atoms with Gasteiger partial charge in [-0.15, -0.1) is 11.6 Å². The molecular formula is C31H28ClN4OP. The Morgan fingerprint density at radius 3 is 1.58 bits per heavy atom. The van der Waals surface area contributed by atoms with Gasteiger partial charge in [-0.1, -0.05) is 84.9 Å². The molecule has 0 N–H and O–H groups in total. The second kappa shape index (κ2) is 10.5. The van der Waals surface area contributed by atoms with E-state index in [0.717, 1.165) is 46.5 Å². The molecule has 2 aliphatic heterocycles. The van der Waals surface area contributed by atoms with Crippen LogP contribution in [-0.4, -0.2) is 35.6 Å². The van der Waals surface area contributed by atoms with Gasteiger partial charge in [0.05, 0.1) is 11.0 Å². The first-order chi connectivity index (χ1) is 18.7. The largest absolute Gasteiger partial charge is 0.330 e. The lowest BCUT2D eigenvalue weighted by Gasteiger charge is -2.45. The van der Waals surface area contributed by atoms with Crippen molar-refractivity contribution in [3.8, 4) is 0 Å². The molecule has 0 saturated carbocycles. The van der Waals surface area contributed by atoms with E-state index in [-0.39, 0.29) is 5.91 Å². The Labute approximate surface area is 228 Å². The molecule has 190 valence electrons. The number of halogens is 1. The van der Waals surface area contributed by atoms with Crippen molar-refractivity contribution in [1.82, 2.24) is 0 Å². The monoisotopic (exact) mass is 538 g/mol. The van der Waals surface area contributed by atoms with Crippen LogP contribution in [0.25, 0.3) is 0 Å². The van der Waals surface area contributed by atoms with Gasteiger partial charge in [0.2, 0.25) is 0 Å². The average molecular weight is 539 g/mol. The first-order valence-electron chi connectivity index (χ1n) is 12.8. The minimum atomic E-state index is -2.72. The maximum Gasteiger partial charge on any atom is 0.278 e. The number of hydrazone groups is 1. The molecule has 0 atom stereocenters. The summed E-state index contributed by atoms with van der Waals surface area (Å²) in [6, 6.07) is 40.8. The number of rotatable bonds is 6. The van der Waals surface area contributed by atoms with Gasteiger partial charge in [-0.2, -0.15) is 10.1 Å². The fourth-order valence-electron chi connectivity index (χ4n) is 5.43. The van der Waals surface area contributed by atoms with Crippen molar-refractivity contribution < 1.29 is 4.79 Å². The Kier molecular flexibility index (Phi) is 6.80. The van der Waals surface area contributed by atoms with E-state index in [1.165, 1.54) is 0 Å². The highest BCUT2D eigenvalue weighted by molar-refractivity contribution is 7.95. The van der Waals surface area contributed by atoms with Crippen LogP contribution in [0.2, 0.25) is 0 Å². The molecule has 1 fully saturated rings. The summed E-state index contributed by atoms with van der Waals surface area (Å²) in [5, 5.41) is 7.61. The first-order valence-corrected chi connectivity index (χ1v) is 15.0. The van der Waals surface area contributed by atoms with Crippen LogP contribution in [0.5, 0.6) is 0 Å². The van der Waals surface area contributed by atoms with Crippen LogP contribution in [0.1, 0.15) is 12.0 Å².